The molecule has 0 radical (unpaired) electrons. The fraction of sp³-hybridized carbons (Fsp3) is 0.824. The largest absolute Gasteiger partial charge is 1.00 e. The van der Waals surface area contributed by atoms with Crippen molar-refractivity contribution >= 4 is 47.2 Å². The van der Waals surface area contributed by atoms with Crippen LogP contribution < -0.4 is 21.9 Å². The Labute approximate surface area is 294 Å². The third kappa shape index (κ3) is 17.9. The Morgan fingerprint density at radius 2 is 1.09 bits per heavy atom. The molecule has 262 valence electrons. The summed E-state index contributed by atoms with van der Waals surface area (Å²) in [5, 5.41) is 24.3. The van der Waals surface area contributed by atoms with E-state index in [0.29, 0.717) is 0 Å². The molecular weight excluding hydrogens is 696 g/mol. The summed E-state index contributed by atoms with van der Waals surface area (Å²) in [6.07, 6.45) is 36.0. The number of nitrogens with zero attached hydrogens (tertiary/aromatic N) is 3. The van der Waals surface area contributed by atoms with Crippen LogP contribution >= 0.6 is 30.5 Å². The highest BCUT2D eigenvalue weighted by Gasteiger charge is 2.34. The topological polar surface area (TPSA) is 96.1 Å². The van der Waals surface area contributed by atoms with E-state index in [9.17, 15) is 15.3 Å². The Bertz CT molecular complexity index is 1020. The number of hydrogen-bond acceptors (Lipinski definition) is 5. The summed E-state index contributed by atoms with van der Waals surface area (Å²) >= 11 is 11.2. The van der Waals surface area contributed by atoms with E-state index in [4.69, 9.17) is 23.2 Å². The number of hydrogen-bond donors (Lipinski definition) is 0. The van der Waals surface area contributed by atoms with Crippen molar-refractivity contribution in [2.45, 2.75) is 156 Å². The highest BCUT2D eigenvalue weighted by Crippen LogP contribution is 2.61. The van der Waals surface area contributed by atoms with Gasteiger partial charge in [0.1, 0.15) is 5.02 Å². The van der Waals surface area contributed by atoms with E-state index in [0.717, 1.165) is 6.07 Å². The van der Waals surface area contributed by atoms with E-state index >= 15 is 0 Å². The number of fused-ring (bicyclic) bond motifs is 1. The Balaban J connectivity index is 0.00000100. The average Bonchev–Trinajstić information content (AvgIpc) is 3.38. The van der Waals surface area contributed by atoms with Crippen LogP contribution in [0.4, 0.5) is 5.69 Å². The molecule has 0 saturated heterocycles. The van der Waals surface area contributed by atoms with Crippen molar-refractivity contribution in [2.75, 3.05) is 24.6 Å². The summed E-state index contributed by atoms with van der Waals surface area (Å²) in [5.74, 6) is 0. The van der Waals surface area contributed by atoms with Crippen LogP contribution in [0.5, 0.6) is 0 Å². The van der Waals surface area contributed by atoms with Crippen LogP contribution in [0.25, 0.3) is 11.0 Å². The first kappa shape index (κ1) is 44.3. The van der Waals surface area contributed by atoms with E-state index in [-0.39, 0.29) is 37.9 Å². The number of nitro benzene ring substituents is 1. The Morgan fingerprint density at radius 1 is 0.711 bits per heavy atom. The molecule has 2 rings (SSSR count). The van der Waals surface area contributed by atoms with Crippen LogP contribution in [0.2, 0.25) is 10.0 Å². The lowest BCUT2D eigenvalue weighted by atomic mass is 10.0. The molecule has 0 bridgehead atoms. The minimum Gasteiger partial charge on any atom is -1.00 e. The van der Waals surface area contributed by atoms with Gasteiger partial charge in [0.2, 0.25) is 0 Å². The number of nitro groups is 1. The summed E-state index contributed by atoms with van der Waals surface area (Å²) in [5.41, 5.74) is -0.697. The molecule has 0 N–H and O–H groups in total. The summed E-state index contributed by atoms with van der Waals surface area (Å²) < 4.78 is 4.23. The monoisotopic (exact) mass is 755 g/mol. The fourth-order valence-corrected chi connectivity index (χ4v) is 11.8. The van der Waals surface area contributed by atoms with Gasteiger partial charge in [-0.25, -0.2) is 0 Å². The second-order valence-electron chi connectivity index (χ2n) is 12.5. The van der Waals surface area contributed by atoms with Gasteiger partial charge in [0.25, 0.3) is 11.0 Å². The van der Waals surface area contributed by atoms with Gasteiger partial charge < -0.3 is 22.2 Å². The molecule has 1 aromatic heterocycles. The first-order chi connectivity index (χ1) is 21.3. The first-order valence-electron chi connectivity index (χ1n) is 17.6. The maximum atomic E-state index is 11.0. The van der Waals surface area contributed by atoms with Gasteiger partial charge in [-0.1, -0.05) is 147 Å². The van der Waals surface area contributed by atoms with E-state index in [1.807, 2.05) is 0 Å². The highest BCUT2D eigenvalue weighted by atomic mass is 79.9. The zero-order valence-electron chi connectivity index (χ0n) is 28.6. The van der Waals surface area contributed by atoms with Gasteiger partial charge in [0.15, 0.2) is 5.02 Å². The van der Waals surface area contributed by atoms with Crippen molar-refractivity contribution in [3.63, 3.8) is 0 Å². The zero-order valence-corrected chi connectivity index (χ0v) is 32.6. The Morgan fingerprint density at radius 3 is 1.49 bits per heavy atom. The average molecular weight is 758 g/mol. The lowest BCUT2D eigenvalue weighted by molar-refractivity contribution is -0.782. The van der Waals surface area contributed by atoms with Crippen molar-refractivity contribution < 1.29 is 31.4 Å². The number of benzene rings is 1. The van der Waals surface area contributed by atoms with Crippen molar-refractivity contribution in [3.05, 3.63) is 31.4 Å². The SMILES string of the molecule is CCCCCCCCCCCCCCCC[P+](CCCC)(CCCC)CCCC.O=[N+]([O-])c1c(Cl)cc2no[n+]([O-])c2c1Cl.[Br-]. The van der Waals surface area contributed by atoms with Gasteiger partial charge in [-0.15, -0.1) is 0 Å². The number of unbranched alkanes of at least 4 members (excludes halogenated alkanes) is 16. The molecule has 45 heavy (non-hydrogen) atoms. The molecule has 0 unspecified atom stereocenters. The molecule has 0 aliphatic rings. The van der Waals surface area contributed by atoms with Crippen LogP contribution in [0.1, 0.15) is 156 Å². The quantitative estimate of drug-likeness (QED) is 0.0331. The predicted molar refractivity (Wildman–Crippen MR) is 191 cm³/mol. The molecule has 11 heteroatoms. The molecule has 0 fully saturated rings. The number of halogens is 3. The summed E-state index contributed by atoms with van der Waals surface area (Å²) in [6.45, 7) is 9.48. The van der Waals surface area contributed by atoms with E-state index in [1.54, 1.807) is 31.1 Å². The highest BCUT2D eigenvalue weighted by molar-refractivity contribution is 7.75. The minimum absolute atomic E-state index is 0. The summed E-state index contributed by atoms with van der Waals surface area (Å²) in [7, 11) is -0.630. The van der Waals surface area contributed by atoms with Crippen molar-refractivity contribution in [2.24, 2.45) is 0 Å². The molecular formula is C34H61BrCl2N3O4P. The van der Waals surface area contributed by atoms with E-state index in [1.165, 1.54) is 122 Å². The van der Waals surface area contributed by atoms with Crippen molar-refractivity contribution in [1.29, 1.82) is 0 Å². The molecule has 2 aromatic rings. The number of rotatable bonds is 25. The van der Waals surface area contributed by atoms with Gasteiger partial charge in [0.05, 0.1) is 29.6 Å². The molecule has 0 aliphatic carbocycles. The normalized spacial score (nSPS) is 11.3. The van der Waals surface area contributed by atoms with Gasteiger partial charge >= 0.3 is 5.69 Å². The van der Waals surface area contributed by atoms with E-state index < -0.39 is 22.9 Å². The van der Waals surface area contributed by atoms with Crippen LogP contribution in [-0.4, -0.2) is 34.7 Å². The molecule has 0 spiro atoms. The van der Waals surface area contributed by atoms with Gasteiger partial charge in [-0.3, -0.25) is 14.7 Å². The van der Waals surface area contributed by atoms with Gasteiger partial charge in [0, 0.05) is 18.5 Å². The van der Waals surface area contributed by atoms with Gasteiger partial charge in [-0.05, 0) is 37.0 Å². The van der Waals surface area contributed by atoms with Crippen LogP contribution in [0.3, 0.4) is 0 Å². The van der Waals surface area contributed by atoms with E-state index in [2.05, 4.69) is 37.5 Å². The Kier molecular flexibility index (Phi) is 26.9. The van der Waals surface area contributed by atoms with Crippen LogP contribution in [-0.2, 0) is 0 Å². The zero-order chi connectivity index (χ0) is 32.6. The molecule has 0 aliphatic heterocycles. The molecule has 0 saturated carbocycles. The third-order valence-electron chi connectivity index (χ3n) is 8.67. The maximum absolute atomic E-state index is 11.0. The second kappa shape index (κ2) is 27.3. The first-order valence-corrected chi connectivity index (χ1v) is 20.9. The Hall–Kier alpha value is -0.690. The third-order valence-corrected chi connectivity index (χ3v) is 14.4. The van der Waals surface area contributed by atoms with Crippen molar-refractivity contribution in [1.82, 2.24) is 5.16 Å². The second-order valence-corrected chi connectivity index (χ2v) is 17.7. The fourth-order valence-electron chi connectivity index (χ4n) is 5.91. The predicted octanol–water partition coefficient (Wildman–Crippen LogP) is 9.57. The maximum Gasteiger partial charge on any atom is 0.311 e. The molecule has 1 heterocycles. The lowest BCUT2D eigenvalue weighted by Gasteiger charge is -2.28. The molecule has 0 amide bonds. The molecule has 7 nitrogen and oxygen atoms in total. The van der Waals surface area contributed by atoms with Gasteiger partial charge in [-0.2, -0.15) is 0 Å². The lowest BCUT2D eigenvalue weighted by Crippen LogP contribution is -3.00. The molecule has 0 atom stereocenters. The van der Waals surface area contributed by atoms with Crippen LogP contribution in [0.15, 0.2) is 10.7 Å². The number of aromatic nitrogens is 2. The van der Waals surface area contributed by atoms with Crippen LogP contribution in [0, 0.1) is 15.3 Å². The minimum atomic E-state index is -0.781. The standard InChI is InChI=1S/C28H60P.C6HCl2N3O4.BrH/c1-5-9-13-14-15-16-17-18-19-20-21-22-23-24-28-29(25-10-6-2,26-11-7-3)27-12-8-4;7-2-1-3-6(11(14)15-9-3)4(8)5(2)10(12)13;/h5-28H2,1-4H3;1H;1H/q+1;;/p-1. The molecule has 1 aromatic carbocycles. The summed E-state index contributed by atoms with van der Waals surface area (Å²) in [4.78, 5) is 9.80. The smallest absolute Gasteiger partial charge is 0.311 e. The summed E-state index contributed by atoms with van der Waals surface area (Å²) in [6, 6.07) is 1.14. The van der Waals surface area contributed by atoms with Crippen molar-refractivity contribution in [3.8, 4) is 0 Å².